The monoisotopic (exact) mass is 536 g/mol. The van der Waals surface area contributed by atoms with Gasteiger partial charge in [-0.25, -0.2) is 18.4 Å². The summed E-state index contributed by atoms with van der Waals surface area (Å²) < 4.78 is 65.6. The number of nitrogens with one attached hydrogen (secondary N) is 1. The van der Waals surface area contributed by atoms with E-state index in [4.69, 9.17) is 11.5 Å². The lowest BCUT2D eigenvalue weighted by molar-refractivity contribution is -0.137. The predicted molar refractivity (Wildman–Crippen MR) is 129 cm³/mol. The Bertz CT molecular complexity index is 1400. The number of benzene rings is 1. The van der Waals surface area contributed by atoms with Crippen LogP contribution in [0.1, 0.15) is 22.3 Å². The van der Waals surface area contributed by atoms with Gasteiger partial charge >= 0.3 is 6.18 Å². The van der Waals surface area contributed by atoms with E-state index in [0.717, 1.165) is 16.4 Å². The van der Waals surface area contributed by atoms with Gasteiger partial charge in [-0.1, -0.05) is 12.1 Å². The number of sulfonamides is 1. The number of carbonyl (C=O) groups is 1. The quantitative estimate of drug-likeness (QED) is 0.372. The van der Waals surface area contributed by atoms with E-state index in [1.165, 1.54) is 24.4 Å². The number of carbonyl (C=O) groups excluding carboxylic acids is 1. The number of nitrogens with two attached hydrogens (primary N) is 2. The summed E-state index contributed by atoms with van der Waals surface area (Å²) in [6, 6.07) is 8.78. The number of primary amides is 1. The van der Waals surface area contributed by atoms with Crippen molar-refractivity contribution in [1.82, 2.24) is 14.3 Å². The Hall–Kier alpha value is -3.75. The van der Waals surface area contributed by atoms with Crippen LogP contribution in [0.5, 0.6) is 0 Å². The molecule has 1 saturated heterocycles. The van der Waals surface area contributed by atoms with Crippen molar-refractivity contribution >= 4 is 27.6 Å². The minimum Gasteiger partial charge on any atom is -0.390 e. The van der Waals surface area contributed by atoms with Gasteiger partial charge in [0.25, 0.3) is 5.91 Å². The average molecular weight is 537 g/mol. The normalized spacial score (nSPS) is 18.9. The van der Waals surface area contributed by atoms with Gasteiger partial charge in [0.2, 0.25) is 10.0 Å². The summed E-state index contributed by atoms with van der Waals surface area (Å²) in [5.74, 6) is -0.613. The van der Waals surface area contributed by atoms with Crippen LogP contribution in [0.2, 0.25) is 0 Å². The first-order valence-electron chi connectivity index (χ1n) is 11.0. The third-order valence-electron chi connectivity index (χ3n) is 5.98. The minimum atomic E-state index is -4.51. The number of alkyl halides is 3. The number of halogens is 3. The number of nitrogens with zero attached hydrogens (tertiary/aromatic N) is 3. The molecule has 2 aromatic heterocycles. The molecule has 6 N–H and O–H groups in total. The van der Waals surface area contributed by atoms with Crippen molar-refractivity contribution in [1.29, 1.82) is 0 Å². The Balaban J connectivity index is 1.44. The molecular formula is C23H23F3N6O4S. The summed E-state index contributed by atoms with van der Waals surface area (Å²) in [5.41, 5.74) is 11.2. The number of rotatable bonds is 6. The van der Waals surface area contributed by atoms with Gasteiger partial charge in [-0.3, -0.25) is 4.79 Å². The molecule has 3 aromatic rings. The van der Waals surface area contributed by atoms with Crippen molar-refractivity contribution in [3.63, 3.8) is 0 Å². The first-order chi connectivity index (χ1) is 17.4. The summed E-state index contributed by atoms with van der Waals surface area (Å²) in [5, 5.41) is 13.4. The van der Waals surface area contributed by atoms with Gasteiger partial charge < -0.3 is 21.9 Å². The Morgan fingerprint density at radius 2 is 1.78 bits per heavy atom. The maximum atomic E-state index is 13.2. The number of aliphatic hydroxyl groups is 1. The zero-order valence-corrected chi connectivity index (χ0v) is 20.0. The number of piperidine rings is 1. The molecule has 0 unspecified atom stereocenters. The number of aliphatic hydroxyl groups excluding tert-OH is 1. The van der Waals surface area contributed by atoms with Crippen LogP contribution in [0.25, 0.3) is 11.1 Å². The van der Waals surface area contributed by atoms with Crippen molar-refractivity contribution in [2.24, 2.45) is 5.73 Å². The molecular weight excluding hydrogens is 513 g/mol. The molecule has 10 nitrogen and oxygen atoms in total. The molecule has 4 rings (SSSR count). The first kappa shape index (κ1) is 26.3. The van der Waals surface area contributed by atoms with Crippen LogP contribution >= 0.6 is 0 Å². The third kappa shape index (κ3) is 5.65. The highest BCUT2D eigenvalue weighted by atomic mass is 32.2. The van der Waals surface area contributed by atoms with Gasteiger partial charge in [0.15, 0.2) is 0 Å². The third-order valence-corrected chi connectivity index (χ3v) is 7.86. The number of pyridine rings is 2. The van der Waals surface area contributed by atoms with Crippen molar-refractivity contribution in [3.8, 4) is 11.1 Å². The summed E-state index contributed by atoms with van der Waals surface area (Å²) in [6.07, 6.45) is -3.31. The molecule has 14 heteroatoms. The highest BCUT2D eigenvalue weighted by Gasteiger charge is 2.35. The highest BCUT2D eigenvalue weighted by Crippen LogP contribution is 2.30. The van der Waals surface area contributed by atoms with Crippen LogP contribution in [0, 0.1) is 0 Å². The van der Waals surface area contributed by atoms with E-state index in [0.29, 0.717) is 17.3 Å². The van der Waals surface area contributed by atoms with E-state index in [-0.39, 0.29) is 41.6 Å². The molecule has 2 atom stereocenters. The van der Waals surface area contributed by atoms with Crippen LogP contribution in [0.15, 0.2) is 59.8 Å². The van der Waals surface area contributed by atoms with E-state index < -0.39 is 39.8 Å². The minimum absolute atomic E-state index is 0.00204. The number of anilines is 2. The second-order valence-electron chi connectivity index (χ2n) is 8.45. The van der Waals surface area contributed by atoms with Gasteiger partial charge in [-0.2, -0.15) is 17.5 Å². The molecule has 1 aliphatic heterocycles. The average Bonchev–Trinajstić information content (AvgIpc) is 2.85. The molecule has 1 aromatic carbocycles. The maximum absolute atomic E-state index is 13.2. The van der Waals surface area contributed by atoms with Gasteiger partial charge in [-0.05, 0) is 42.3 Å². The largest absolute Gasteiger partial charge is 0.417 e. The van der Waals surface area contributed by atoms with Crippen molar-refractivity contribution in [2.45, 2.75) is 29.6 Å². The molecule has 1 aliphatic rings. The van der Waals surface area contributed by atoms with E-state index in [1.807, 2.05) is 0 Å². The van der Waals surface area contributed by atoms with Crippen molar-refractivity contribution in [3.05, 3.63) is 66.0 Å². The molecule has 0 aliphatic carbocycles. The van der Waals surface area contributed by atoms with Crippen LogP contribution in [0.4, 0.5) is 24.8 Å². The number of amides is 1. The van der Waals surface area contributed by atoms with E-state index in [9.17, 15) is 31.5 Å². The fourth-order valence-electron chi connectivity index (χ4n) is 3.93. The molecule has 1 fully saturated rings. The van der Waals surface area contributed by atoms with Crippen molar-refractivity contribution < 1.29 is 31.5 Å². The van der Waals surface area contributed by atoms with Crippen LogP contribution in [-0.2, 0) is 16.2 Å². The SMILES string of the molecule is NC(=O)c1cc(-c2ccc(S(=O)(=O)N3CC[C@@H](Nc4ccc(C(F)(F)F)cn4)[C@@H](O)C3)cc2)cnc1N. The smallest absolute Gasteiger partial charge is 0.390 e. The highest BCUT2D eigenvalue weighted by molar-refractivity contribution is 7.89. The van der Waals surface area contributed by atoms with Gasteiger partial charge in [0, 0.05) is 31.0 Å². The first-order valence-corrected chi connectivity index (χ1v) is 12.4. The molecule has 0 saturated carbocycles. The Kier molecular flexibility index (Phi) is 7.08. The van der Waals surface area contributed by atoms with Gasteiger partial charge in [-0.15, -0.1) is 0 Å². The number of aromatic nitrogens is 2. The summed E-state index contributed by atoms with van der Waals surface area (Å²) >= 11 is 0. The lowest BCUT2D eigenvalue weighted by Gasteiger charge is -2.35. The zero-order valence-electron chi connectivity index (χ0n) is 19.2. The topological polar surface area (TPSA) is 165 Å². The van der Waals surface area contributed by atoms with Crippen LogP contribution in [0.3, 0.4) is 0 Å². The second kappa shape index (κ2) is 9.95. The standard InChI is InChI=1S/C23H23F3N6O4S/c24-23(25,26)15-3-6-20(29-11-15)31-18-7-8-32(12-19(18)33)37(35,36)16-4-1-13(2-5-16)14-9-17(22(28)34)21(27)30-10-14/h1-6,9-11,18-19,33H,7-8,12H2,(H2,27,30)(H2,28,34)(H,29,31)/t18-,19+/m1/s1. The second-order valence-corrected chi connectivity index (χ2v) is 10.4. The van der Waals surface area contributed by atoms with E-state index >= 15 is 0 Å². The lowest BCUT2D eigenvalue weighted by Crippen LogP contribution is -2.51. The molecule has 37 heavy (non-hydrogen) atoms. The van der Waals surface area contributed by atoms with Gasteiger partial charge in [0.05, 0.1) is 28.2 Å². The molecule has 1 amide bonds. The Morgan fingerprint density at radius 1 is 1.08 bits per heavy atom. The molecule has 3 heterocycles. The summed E-state index contributed by atoms with van der Waals surface area (Å²) in [6.45, 7) is -0.143. The number of hydrogen-bond donors (Lipinski definition) is 4. The molecule has 0 bridgehead atoms. The Labute approximate surface area is 210 Å². The number of hydrogen-bond acceptors (Lipinski definition) is 8. The predicted octanol–water partition coefficient (Wildman–Crippen LogP) is 2.08. The van der Waals surface area contributed by atoms with Crippen LogP contribution in [-0.4, -0.2) is 58.9 Å². The molecule has 0 radical (unpaired) electrons. The summed E-state index contributed by atoms with van der Waals surface area (Å²) in [4.78, 5) is 19.2. The van der Waals surface area contributed by atoms with Crippen molar-refractivity contribution in [2.75, 3.05) is 24.1 Å². The Morgan fingerprint density at radius 3 is 2.35 bits per heavy atom. The maximum Gasteiger partial charge on any atom is 0.417 e. The van der Waals surface area contributed by atoms with Gasteiger partial charge in [0.1, 0.15) is 11.6 Å². The fraction of sp³-hybridized carbons (Fsp3) is 0.261. The lowest BCUT2D eigenvalue weighted by atomic mass is 10.0. The van der Waals surface area contributed by atoms with E-state index in [2.05, 4.69) is 15.3 Å². The number of β-amino-alcohol motifs (C(OH)–C–C–N with tert-alkyl or cyclic N) is 1. The molecule has 0 spiro atoms. The van der Waals surface area contributed by atoms with Crippen LogP contribution < -0.4 is 16.8 Å². The van der Waals surface area contributed by atoms with E-state index in [1.54, 1.807) is 12.1 Å². The molecule has 196 valence electrons. The zero-order chi connectivity index (χ0) is 27.0. The number of nitrogen functional groups attached to an aromatic ring is 1. The fourth-order valence-corrected chi connectivity index (χ4v) is 5.40. The summed E-state index contributed by atoms with van der Waals surface area (Å²) in [7, 11) is -3.95.